The number of ether oxygens (including phenoxy) is 1. The Kier molecular flexibility index (Phi) is 4.52. The van der Waals surface area contributed by atoms with Gasteiger partial charge in [0, 0.05) is 6.42 Å². The quantitative estimate of drug-likeness (QED) is 0.830. The van der Waals surface area contributed by atoms with Gasteiger partial charge in [0.25, 0.3) is 0 Å². The molecule has 2 rings (SSSR count). The van der Waals surface area contributed by atoms with Gasteiger partial charge in [0.05, 0.1) is 18.2 Å². The molecule has 0 saturated heterocycles. The highest BCUT2D eigenvalue weighted by Crippen LogP contribution is 2.22. The molecule has 0 amide bonds. The maximum atomic E-state index is 10.8. The van der Waals surface area contributed by atoms with Gasteiger partial charge in [0.2, 0.25) is 0 Å². The molecule has 0 aliphatic heterocycles. The van der Waals surface area contributed by atoms with Gasteiger partial charge in [0.1, 0.15) is 11.5 Å². The zero-order chi connectivity index (χ0) is 14.4. The molecule has 0 bridgehead atoms. The molecular formula is C17H15NO2. The van der Waals surface area contributed by atoms with E-state index in [4.69, 9.17) is 10.00 Å². The summed E-state index contributed by atoms with van der Waals surface area (Å²) in [4.78, 5) is 10.8. The van der Waals surface area contributed by atoms with Crippen LogP contribution in [0.5, 0.6) is 5.75 Å². The molecule has 3 heteroatoms. The number of nitriles is 1. The molecule has 0 aliphatic rings. The molecule has 0 atom stereocenters. The average molecular weight is 265 g/mol. The summed E-state index contributed by atoms with van der Waals surface area (Å²) in [5.74, 6) is 0.878. The monoisotopic (exact) mass is 265 g/mol. The van der Waals surface area contributed by atoms with Crippen LogP contribution < -0.4 is 4.74 Å². The minimum absolute atomic E-state index is 0.124. The highest BCUT2D eigenvalue weighted by atomic mass is 16.5. The number of rotatable bonds is 5. The van der Waals surface area contributed by atoms with Crippen LogP contribution in [0.2, 0.25) is 0 Å². The predicted molar refractivity (Wildman–Crippen MR) is 77.4 cm³/mol. The molecule has 0 aliphatic carbocycles. The van der Waals surface area contributed by atoms with Crippen molar-refractivity contribution in [3.63, 3.8) is 0 Å². The van der Waals surface area contributed by atoms with E-state index in [1.807, 2.05) is 36.4 Å². The van der Waals surface area contributed by atoms with E-state index in [-0.39, 0.29) is 5.78 Å². The molecule has 0 aromatic heterocycles. The van der Waals surface area contributed by atoms with E-state index < -0.39 is 0 Å². The van der Waals surface area contributed by atoms with E-state index in [2.05, 4.69) is 6.07 Å². The zero-order valence-corrected chi connectivity index (χ0v) is 11.3. The van der Waals surface area contributed by atoms with Crippen LogP contribution in [0.3, 0.4) is 0 Å². The van der Waals surface area contributed by atoms with Gasteiger partial charge in [-0.15, -0.1) is 0 Å². The van der Waals surface area contributed by atoms with Crippen molar-refractivity contribution in [2.75, 3.05) is 6.61 Å². The molecule has 20 heavy (non-hydrogen) atoms. The topological polar surface area (TPSA) is 50.1 Å². The minimum Gasteiger partial charge on any atom is -0.493 e. The van der Waals surface area contributed by atoms with Crippen molar-refractivity contribution in [3.05, 3.63) is 54.1 Å². The molecule has 0 N–H and O–H groups in total. The van der Waals surface area contributed by atoms with Crippen molar-refractivity contribution < 1.29 is 9.53 Å². The molecule has 0 saturated carbocycles. The van der Waals surface area contributed by atoms with Gasteiger partial charge in [-0.25, -0.2) is 0 Å². The third-order valence-corrected chi connectivity index (χ3v) is 2.92. The Bertz CT molecular complexity index is 622. The largest absolute Gasteiger partial charge is 0.493 e. The van der Waals surface area contributed by atoms with E-state index >= 15 is 0 Å². The van der Waals surface area contributed by atoms with Gasteiger partial charge >= 0.3 is 0 Å². The Hall–Kier alpha value is -2.60. The number of carbonyl (C=O) groups excluding carboxylic acids is 1. The van der Waals surface area contributed by atoms with Crippen molar-refractivity contribution in [2.45, 2.75) is 13.3 Å². The Morgan fingerprint density at radius 3 is 2.10 bits per heavy atom. The van der Waals surface area contributed by atoms with E-state index in [1.54, 1.807) is 19.1 Å². The lowest BCUT2D eigenvalue weighted by Gasteiger charge is -2.06. The first-order valence-corrected chi connectivity index (χ1v) is 6.42. The van der Waals surface area contributed by atoms with Gasteiger partial charge in [-0.05, 0) is 42.3 Å². The maximum absolute atomic E-state index is 10.8. The number of hydrogen-bond donors (Lipinski definition) is 0. The summed E-state index contributed by atoms with van der Waals surface area (Å²) in [5.41, 5.74) is 2.77. The van der Waals surface area contributed by atoms with Crippen molar-refractivity contribution >= 4 is 5.78 Å². The standard InChI is InChI=1S/C17H15NO2/c1-13(19)10-11-20-17-8-6-16(7-9-17)15-4-2-14(12-18)3-5-15/h2-9H,10-11H2,1H3. The lowest BCUT2D eigenvalue weighted by molar-refractivity contribution is -0.117. The van der Waals surface area contributed by atoms with Crippen LogP contribution in [0.4, 0.5) is 0 Å². The van der Waals surface area contributed by atoms with Crippen molar-refractivity contribution in [1.29, 1.82) is 5.26 Å². The number of benzene rings is 2. The summed E-state index contributed by atoms with van der Waals surface area (Å²) in [5, 5.41) is 8.77. The van der Waals surface area contributed by atoms with Gasteiger partial charge < -0.3 is 4.74 Å². The van der Waals surface area contributed by atoms with E-state index in [9.17, 15) is 4.79 Å². The Balaban J connectivity index is 2.03. The Labute approximate surface area is 118 Å². The molecule has 0 unspecified atom stereocenters. The first-order valence-electron chi connectivity index (χ1n) is 6.42. The lowest BCUT2D eigenvalue weighted by atomic mass is 10.0. The van der Waals surface area contributed by atoms with E-state index in [0.717, 1.165) is 16.9 Å². The Morgan fingerprint density at radius 2 is 1.60 bits per heavy atom. The highest BCUT2D eigenvalue weighted by molar-refractivity contribution is 5.75. The van der Waals surface area contributed by atoms with Gasteiger partial charge in [-0.1, -0.05) is 24.3 Å². The van der Waals surface area contributed by atoms with Crippen LogP contribution >= 0.6 is 0 Å². The van der Waals surface area contributed by atoms with Crippen molar-refractivity contribution in [1.82, 2.24) is 0 Å². The molecule has 0 spiro atoms. The molecule has 2 aromatic carbocycles. The van der Waals surface area contributed by atoms with Crippen LogP contribution in [-0.4, -0.2) is 12.4 Å². The summed E-state index contributed by atoms with van der Waals surface area (Å²) < 4.78 is 5.48. The zero-order valence-electron chi connectivity index (χ0n) is 11.3. The fraction of sp³-hybridized carbons (Fsp3) is 0.176. The number of nitrogens with zero attached hydrogens (tertiary/aromatic N) is 1. The van der Waals surface area contributed by atoms with E-state index in [1.165, 1.54) is 0 Å². The molecule has 0 heterocycles. The number of ketones is 1. The second-order valence-electron chi connectivity index (χ2n) is 4.51. The number of Topliss-reactive ketones (excluding diaryl/α,β-unsaturated/α-hetero) is 1. The fourth-order valence-corrected chi connectivity index (χ4v) is 1.79. The fourth-order valence-electron chi connectivity index (χ4n) is 1.79. The van der Waals surface area contributed by atoms with Crippen LogP contribution in [0, 0.1) is 11.3 Å². The van der Waals surface area contributed by atoms with Gasteiger partial charge in [-0.3, -0.25) is 4.79 Å². The number of hydrogen-bond acceptors (Lipinski definition) is 3. The highest BCUT2D eigenvalue weighted by Gasteiger charge is 2.00. The smallest absolute Gasteiger partial charge is 0.133 e. The normalized spacial score (nSPS) is 9.80. The van der Waals surface area contributed by atoms with Crippen molar-refractivity contribution in [3.8, 4) is 22.9 Å². The Morgan fingerprint density at radius 1 is 1.05 bits per heavy atom. The molecule has 0 fully saturated rings. The van der Waals surface area contributed by atoms with Crippen LogP contribution in [0.15, 0.2) is 48.5 Å². The molecular weight excluding hydrogens is 250 g/mol. The van der Waals surface area contributed by atoms with Crippen molar-refractivity contribution in [2.24, 2.45) is 0 Å². The maximum Gasteiger partial charge on any atom is 0.133 e. The summed E-state index contributed by atoms with van der Waals surface area (Å²) in [7, 11) is 0. The SMILES string of the molecule is CC(=O)CCOc1ccc(-c2ccc(C#N)cc2)cc1. The first kappa shape index (κ1) is 13.8. The average Bonchev–Trinajstić information content (AvgIpc) is 2.48. The van der Waals surface area contributed by atoms with Crippen LogP contribution in [0.25, 0.3) is 11.1 Å². The van der Waals surface area contributed by atoms with Gasteiger partial charge in [-0.2, -0.15) is 5.26 Å². The van der Waals surface area contributed by atoms with Crippen LogP contribution in [-0.2, 0) is 4.79 Å². The molecule has 3 nitrogen and oxygen atoms in total. The third-order valence-electron chi connectivity index (χ3n) is 2.92. The minimum atomic E-state index is 0.124. The predicted octanol–water partition coefficient (Wildman–Crippen LogP) is 3.58. The molecule has 0 radical (unpaired) electrons. The molecule has 2 aromatic rings. The summed E-state index contributed by atoms with van der Waals surface area (Å²) in [6.45, 7) is 1.96. The first-order chi connectivity index (χ1) is 9.69. The number of carbonyl (C=O) groups is 1. The summed E-state index contributed by atoms with van der Waals surface area (Å²) >= 11 is 0. The second-order valence-corrected chi connectivity index (χ2v) is 4.51. The lowest BCUT2D eigenvalue weighted by Crippen LogP contribution is -2.02. The third kappa shape index (κ3) is 3.69. The summed E-state index contributed by atoms with van der Waals surface area (Å²) in [6, 6.07) is 17.2. The van der Waals surface area contributed by atoms with E-state index in [0.29, 0.717) is 18.6 Å². The van der Waals surface area contributed by atoms with Crippen LogP contribution in [0.1, 0.15) is 18.9 Å². The second kappa shape index (κ2) is 6.53. The molecule has 100 valence electrons. The van der Waals surface area contributed by atoms with Gasteiger partial charge in [0.15, 0.2) is 0 Å². The summed E-state index contributed by atoms with van der Waals surface area (Å²) in [6.07, 6.45) is 0.428.